The van der Waals surface area contributed by atoms with Crippen molar-refractivity contribution in [2.45, 2.75) is 31.7 Å². The minimum absolute atomic E-state index is 0.110. The minimum Gasteiger partial charge on any atom is -0.354 e. The molecule has 4 aromatic rings. The summed E-state index contributed by atoms with van der Waals surface area (Å²) < 4.78 is 5.56. The predicted octanol–water partition coefficient (Wildman–Crippen LogP) is 4.92. The number of anilines is 1. The van der Waals surface area contributed by atoms with E-state index in [0.717, 1.165) is 30.6 Å². The molecule has 1 atom stereocenters. The van der Waals surface area contributed by atoms with E-state index >= 15 is 0 Å². The zero-order valence-electron chi connectivity index (χ0n) is 20.1. The molecule has 1 aromatic carbocycles. The van der Waals surface area contributed by atoms with E-state index in [1.807, 2.05) is 59.3 Å². The third-order valence-corrected chi connectivity index (χ3v) is 8.11. The zero-order chi connectivity index (χ0) is 25.6. The first kappa shape index (κ1) is 25.3. The Balaban J connectivity index is 1.32. The van der Waals surface area contributed by atoms with E-state index in [4.69, 9.17) is 14.7 Å². The van der Waals surface area contributed by atoms with Crippen LogP contribution in [0.1, 0.15) is 35.4 Å². The van der Waals surface area contributed by atoms with Crippen LogP contribution in [-0.4, -0.2) is 57.7 Å². The highest BCUT2D eigenvalue weighted by atomic mass is 32.1. The number of amides is 2. The van der Waals surface area contributed by atoms with Gasteiger partial charge in [-0.2, -0.15) is 0 Å². The second kappa shape index (κ2) is 11.8. The van der Waals surface area contributed by atoms with E-state index in [2.05, 4.69) is 10.1 Å². The number of carbonyl (C=O) groups is 2. The first-order chi connectivity index (χ1) is 18.1. The quantitative estimate of drug-likeness (QED) is 0.230. The summed E-state index contributed by atoms with van der Waals surface area (Å²) in [6.45, 7) is 1.86. The average Bonchev–Trinajstić information content (AvgIpc) is 3.73. The predicted molar refractivity (Wildman–Crippen MR) is 143 cm³/mol. The summed E-state index contributed by atoms with van der Waals surface area (Å²) in [7, 11) is 0. The van der Waals surface area contributed by atoms with Crippen LogP contribution in [-0.2, 0) is 4.79 Å². The highest BCUT2D eigenvalue weighted by Crippen LogP contribution is 2.31. The summed E-state index contributed by atoms with van der Waals surface area (Å²) in [6.07, 6.45) is 3.32. The molecule has 1 unspecified atom stereocenters. The largest absolute Gasteiger partial charge is 0.354 e. The van der Waals surface area contributed by atoms with E-state index < -0.39 is 0 Å². The van der Waals surface area contributed by atoms with Gasteiger partial charge in [-0.05, 0) is 37.3 Å². The van der Waals surface area contributed by atoms with Gasteiger partial charge >= 0.3 is 0 Å². The Morgan fingerprint density at radius 2 is 2.00 bits per heavy atom. The van der Waals surface area contributed by atoms with Crippen LogP contribution in [0.15, 0.2) is 63.8 Å². The van der Waals surface area contributed by atoms with Crippen LogP contribution in [0.4, 0.5) is 5.13 Å². The Kier molecular flexibility index (Phi) is 8.05. The maximum absolute atomic E-state index is 13.4. The number of hydroxylamine groups is 1. The zero-order valence-corrected chi connectivity index (χ0v) is 21.7. The lowest BCUT2D eigenvalue weighted by Crippen LogP contribution is -2.49. The normalized spacial score (nSPS) is 16.0. The molecule has 2 N–H and O–H groups in total. The van der Waals surface area contributed by atoms with E-state index in [9.17, 15) is 9.59 Å². The molecular formula is C26H27N5O4S2. The van der Waals surface area contributed by atoms with Gasteiger partial charge in [0.2, 0.25) is 0 Å². The summed E-state index contributed by atoms with van der Waals surface area (Å²) in [5, 5.41) is 17.6. The van der Waals surface area contributed by atoms with Crippen LogP contribution in [0.2, 0.25) is 0 Å². The van der Waals surface area contributed by atoms with E-state index in [-0.39, 0.29) is 17.9 Å². The number of hydrogen-bond donors (Lipinski definition) is 2. The molecule has 5 rings (SSSR count). The number of thiazole rings is 1. The van der Waals surface area contributed by atoms with Crippen molar-refractivity contribution in [2.75, 3.05) is 24.5 Å². The fraction of sp³-hybridized carbons (Fsp3) is 0.308. The minimum atomic E-state index is -0.377. The second-order valence-electron chi connectivity index (χ2n) is 8.77. The van der Waals surface area contributed by atoms with Crippen LogP contribution in [0.3, 0.4) is 0 Å². The van der Waals surface area contributed by atoms with E-state index in [1.165, 1.54) is 22.7 Å². The van der Waals surface area contributed by atoms with Gasteiger partial charge in [-0.25, -0.2) is 10.5 Å². The summed E-state index contributed by atoms with van der Waals surface area (Å²) in [4.78, 5) is 34.6. The third kappa shape index (κ3) is 5.80. The number of thiophene rings is 1. The fourth-order valence-electron chi connectivity index (χ4n) is 4.52. The summed E-state index contributed by atoms with van der Waals surface area (Å²) in [5.41, 5.74) is 4.08. The Hall–Kier alpha value is -3.38. The summed E-state index contributed by atoms with van der Waals surface area (Å²) in [6, 6.07) is 14.9. The molecule has 4 heterocycles. The van der Waals surface area contributed by atoms with Gasteiger partial charge in [-0.1, -0.05) is 48.0 Å². The van der Waals surface area contributed by atoms with Crippen molar-refractivity contribution in [3.63, 3.8) is 0 Å². The molecule has 0 bridgehead atoms. The van der Waals surface area contributed by atoms with Crippen molar-refractivity contribution in [3.8, 4) is 22.7 Å². The Bertz CT molecular complexity index is 1320. The highest BCUT2D eigenvalue weighted by molar-refractivity contribution is 7.14. The van der Waals surface area contributed by atoms with Gasteiger partial charge in [0, 0.05) is 30.1 Å². The molecule has 0 spiro atoms. The van der Waals surface area contributed by atoms with Gasteiger partial charge < -0.3 is 4.52 Å². The van der Waals surface area contributed by atoms with Crippen molar-refractivity contribution in [1.29, 1.82) is 0 Å². The molecule has 1 fully saturated rings. The molecule has 3 aromatic heterocycles. The van der Waals surface area contributed by atoms with Gasteiger partial charge in [0.05, 0.1) is 10.9 Å². The van der Waals surface area contributed by atoms with Gasteiger partial charge in [-0.15, -0.1) is 22.7 Å². The van der Waals surface area contributed by atoms with Gasteiger partial charge in [-0.3, -0.25) is 24.6 Å². The molecular weight excluding hydrogens is 510 g/mol. The van der Waals surface area contributed by atoms with Crippen molar-refractivity contribution in [1.82, 2.24) is 20.5 Å². The lowest BCUT2D eigenvalue weighted by atomic mass is 10.0. The maximum atomic E-state index is 13.4. The third-order valence-electron chi connectivity index (χ3n) is 6.39. The number of nitrogens with one attached hydrogen (secondary N) is 1. The van der Waals surface area contributed by atoms with Crippen molar-refractivity contribution >= 4 is 39.6 Å². The molecule has 0 saturated carbocycles. The molecule has 11 heteroatoms. The number of nitrogens with zero attached hydrogens (tertiary/aromatic N) is 4. The molecule has 0 radical (unpaired) electrons. The number of rotatable bonds is 9. The number of benzene rings is 1. The van der Waals surface area contributed by atoms with Crippen LogP contribution in [0.5, 0.6) is 0 Å². The molecule has 1 aliphatic rings. The topological polar surface area (TPSA) is 112 Å². The van der Waals surface area contributed by atoms with E-state index in [0.29, 0.717) is 47.4 Å². The molecule has 9 nitrogen and oxygen atoms in total. The summed E-state index contributed by atoms with van der Waals surface area (Å²) in [5.74, 6) is 0.0514. The number of aromatic nitrogens is 2. The first-order valence-corrected chi connectivity index (χ1v) is 13.9. The first-order valence-electron chi connectivity index (χ1n) is 12.2. The lowest BCUT2D eigenvalue weighted by Gasteiger charge is -2.34. The molecule has 2 amide bonds. The number of carbonyl (C=O) groups excluding carboxylic acids is 2. The Morgan fingerprint density at radius 3 is 2.78 bits per heavy atom. The Morgan fingerprint density at radius 1 is 1.14 bits per heavy atom. The maximum Gasteiger partial charge on any atom is 0.270 e. The molecule has 37 heavy (non-hydrogen) atoms. The lowest BCUT2D eigenvalue weighted by molar-refractivity contribution is -0.136. The number of piperidine rings is 1. The monoisotopic (exact) mass is 537 g/mol. The van der Waals surface area contributed by atoms with Crippen LogP contribution >= 0.6 is 22.7 Å². The smallest absolute Gasteiger partial charge is 0.270 e. The van der Waals surface area contributed by atoms with E-state index in [1.54, 1.807) is 10.4 Å². The molecule has 0 aliphatic carbocycles. The molecule has 1 aliphatic heterocycles. The van der Waals surface area contributed by atoms with Crippen LogP contribution < -0.4 is 10.4 Å². The Labute approximate surface area is 222 Å². The fourth-order valence-corrected chi connectivity index (χ4v) is 6.03. The van der Waals surface area contributed by atoms with Gasteiger partial charge in [0.25, 0.3) is 11.8 Å². The summed E-state index contributed by atoms with van der Waals surface area (Å²) >= 11 is 2.77. The molecule has 192 valence electrons. The highest BCUT2D eigenvalue weighted by Gasteiger charge is 2.29. The average molecular weight is 538 g/mol. The molecule has 1 saturated heterocycles. The van der Waals surface area contributed by atoms with Crippen LogP contribution in [0, 0.1) is 0 Å². The van der Waals surface area contributed by atoms with Gasteiger partial charge in [0.1, 0.15) is 11.4 Å². The van der Waals surface area contributed by atoms with Gasteiger partial charge in [0.15, 0.2) is 10.9 Å². The second-order valence-corrected chi connectivity index (χ2v) is 10.6. The van der Waals surface area contributed by atoms with Crippen molar-refractivity contribution in [3.05, 3.63) is 64.2 Å². The van der Waals surface area contributed by atoms with Crippen LogP contribution in [0.25, 0.3) is 22.7 Å². The SMILES string of the molecule is O=C(NO)C1CCCCN1CCCN(C(=O)c1cccs1)c1nc(-c2cc(-c3ccccc3)no2)cs1. The number of hydrogen-bond acceptors (Lipinski definition) is 9. The van der Waals surface area contributed by atoms with Crippen molar-refractivity contribution in [2.24, 2.45) is 0 Å². The number of likely N-dealkylation sites (tertiary alicyclic amines) is 1. The van der Waals surface area contributed by atoms with Crippen molar-refractivity contribution < 1.29 is 19.3 Å². The standard InChI is InChI=1S/C26H27N5O4S2/c32-24(28-34)21-10-4-5-12-30(21)13-7-14-31(25(33)23-11-6-15-36-23)26-27-20(17-37-26)22-16-19(29-35-22)18-8-2-1-3-9-18/h1-3,6,8-9,11,15-17,21,34H,4-5,7,10,12-14H2,(H,28,32).